The van der Waals surface area contributed by atoms with Crippen molar-refractivity contribution >= 4 is 11.4 Å². The summed E-state index contributed by atoms with van der Waals surface area (Å²) < 4.78 is 17.1. The molecule has 5 heteroatoms. The zero-order chi connectivity index (χ0) is 14.7. The Kier molecular flexibility index (Phi) is 4.39. The lowest BCUT2D eigenvalue weighted by Crippen LogP contribution is -2.40. The fraction of sp³-hybridized carbons (Fsp3) is 0.625. The van der Waals surface area contributed by atoms with Crippen molar-refractivity contribution < 1.29 is 14.2 Å². The molecule has 0 aliphatic carbocycles. The number of rotatable bonds is 4. The van der Waals surface area contributed by atoms with Crippen LogP contribution in [-0.2, 0) is 4.74 Å². The Bertz CT molecular complexity index is 493. The van der Waals surface area contributed by atoms with Crippen molar-refractivity contribution in [3.05, 3.63) is 12.1 Å². The molecular formula is C16H24N2O3. The van der Waals surface area contributed by atoms with Crippen LogP contribution in [0.25, 0.3) is 0 Å². The predicted molar refractivity (Wildman–Crippen MR) is 83.3 cm³/mol. The van der Waals surface area contributed by atoms with Crippen LogP contribution < -0.4 is 20.1 Å². The maximum atomic E-state index is 6.20. The lowest BCUT2D eigenvalue weighted by atomic mass is 10.1. The molecule has 0 bridgehead atoms. The number of anilines is 2. The molecule has 1 unspecified atom stereocenters. The van der Waals surface area contributed by atoms with Gasteiger partial charge >= 0.3 is 0 Å². The van der Waals surface area contributed by atoms with Crippen molar-refractivity contribution in [2.45, 2.75) is 32.3 Å². The number of hydrogen-bond acceptors (Lipinski definition) is 5. The summed E-state index contributed by atoms with van der Waals surface area (Å²) in [5.74, 6) is 1.54. The van der Waals surface area contributed by atoms with Gasteiger partial charge in [-0.2, -0.15) is 0 Å². The van der Waals surface area contributed by atoms with Crippen LogP contribution in [0.1, 0.15) is 26.2 Å². The van der Waals surface area contributed by atoms with E-state index in [9.17, 15) is 0 Å². The number of piperidine rings is 1. The molecule has 2 heterocycles. The third kappa shape index (κ3) is 3.18. The van der Waals surface area contributed by atoms with E-state index in [0.717, 1.165) is 61.8 Å². The average Bonchev–Trinajstić information content (AvgIpc) is 2.52. The van der Waals surface area contributed by atoms with Gasteiger partial charge in [-0.25, -0.2) is 0 Å². The fourth-order valence-electron chi connectivity index (χ4n) is 2.95. The Labute approximate surface area is 126 Å². The van der Waals surface area contributed by atoms with Crippen LogP contribution in [0, 0.1) is 0 Å². The van der Waals surface area contributed by atoms with Crippen molar-refractivity contribution in [1.29, 1.82) is 0 Å². The Hall–Kier alpha value is -1.62. The van der Waals surface area contributed by atoms with Gasteiger partial charge in [-0.1, -0.05) is 6.92 Å². The molecule has 1 atom stereocenters. The number of fused-ring (bicyclic) bond motifs is 1. The number of ether oxygens (including phenoxy) is 3. The van der Waals surface area contributed by atoms with Gasteiger partial charge in [-0.15, -0.1) is 0 Å². The third-order valence-corrected chi connectivity index (χ3v) is 3.97. The van der Waals surface area contributed by atoms with E-state index in [2.05, 4.69) is 11.8 Å². The van der Waals surface area contributed by atoms with E-state index in [-0.39, 0.29) is 0 Å². The normalized spacial score (nSPS) is 21.4. The van der Waals surface area contributed by atoms with Gasteiger partial charge < -0.3 is 24.8 Å². The first kappa shape index (κ1) is 14.3. The molecule has 21 heavy (non-hydrogen) atoms. The molecule has 0 spiro atoms. The summed E-state index contributed by atoms with van der Waals surface area (Å²) >= 11 is 0. The highest BCUT2D eigenvalue weighted by Crippen LogP contribution is 2.39. The highest BCUT2D eigenvalue weighted by atomic mass is 16.6. The Morgan fingerprint density at radius 1 is 1.29 bits per heavy atom. The smallest absolute Gasteiger partial charge is 0.163 e. The second-order valence-electron chi connectivity index (χ2n) is 5.64. The highest BCUT2D eigenvalue weighted by molar-refractivity contribution is 5.73. The van der Waals surface area contributed by atoms with Crippen LogP contribution in [0.3, 0.4) is 0 Å². The second kappa shape index (κ2) is 6.43. The van der Waals surface area contributed by atoms with Crippen molar-refractivity contribution in [3.63, 3.8) is 0 Å². The third-order valence-electron chi connectivity index (χ3n) is 3.97. The molecule has 0 amide bonds. The summed E-state index contributed by atoms with van der Waals surface area (Å²) in [5, 5.41) is 0. The Balaban J connectivity index is 1.76. The molecular weight excluding hydrogens is 268 g/mol. The van der Waals surface area contributed by atoms with Crippen LogP contribution in [0.15, 0.2) is 12.1 Å². The van der Waals surface area contributed by atoms with Crippen molar-refractivity contribution in [2.75, 3.05) is 43.5 Å². The van der Waals surface area contributed by atoms with Gasteiger partial charge in [-0.3, -0.25) is 0 Å². The molecule has 2 N–H and O–H groups in total. The molecule has 1 fully saturated rings. The number of benzene rings is 1. The molecule has 116 valence electrons. The molecule has 0 radical (unpaired) electrons. The molecule has 1 aromatic carbocycles. The first-order chi connectivity index (χ1) is 10.3. The quantitative estimate of drug-likeness (QED) is 0.864. The van der Waals surface area contributed by atoms with E-state index in [0.29, 0.717) is 19.3 Å². The molecule has 2 aliphatic rings. The molecule has 3 rings (SSSR count). The van der Waals surface area contributed by atoms with Gasteiger partial charge in [0.15, 0.2) is 11.5 Å². The van der Waals surface area contributed by atoms with Crippen LogP contribution in [0.2, 0.25) is 0 Å². The topological polar surface area (TPSA) is 57.0 Å². The van der Waals surface area contributed by atoms with Crippen LogP contribution in [-0.4, -0.2) is 39.0 Å². The second-order valence-corrected chi connectivity index (χ2v) is 5.64. The van der Waals surface area contributed by atoms with E-state index in [1.165, 1.54) is 0 Å². The van der Waals surface area contributed by atoms with Gasteiger partial charge in [0.25, 0.3) is 0 Å². The number of nitrogens with two attached hydrogens (primary N) is 1. The SMILES string of the molecule is CCCOC1CCCN(c2cc3c(cc2N)OCCO3)C1. The molecule has 5 nitrogen and oxygen atoms in total. The van der Waals surface area contributed by atoms with E-state index in [4.69, 9.17) is 19.9 Å². The van der Waals surface area contributed by atoms with E-state index >= 15 is 0 Å². The lowest BCUT2D eigenvalue weighted by Gasteiger charge is -2.35. The summed E-state index contributed by atoms with van der Waals surface area (Å²) in [6.45, 7) is 6.05. The lowest BCUT2D eigenvalue weighted by molar-refractivity contribution is 0.0441. The van der Waals surface area contributed by atoms with Gasteiger partial charge in [-0.05, 0) is 19.3 Å². The fourth-order valence-corrected chi connectivity index (χ4v) is 2.95. The minimum absolute atomic E-state index is 0.298. The summed E-state index contributed by atoms with van der Waals surface area (Å²) in [6, 6.07) is 3.88. The van der Waals surface area contributed by atoms with Gasteiger partial charge in [0.1, 0.15) is 13.2 Å². The molecule has 2 aliphatic heterocycles. The minimum Gasteiger partial charge on any atom is -0.486 e. The maximum Gasteiger partial charge on any atom is 0.163 e. The number of nitrogen functional groups attached to an aromatic ring is 1. The van der Waals surface area contributed by atoms with Gasteiger partial charge in [0.2, 0.25) is 0 Å². The highest BCUT2D eigenvalue weighted by Gasteiger charge is 2.24. The summed E-state index contributed by atoms with van der Waals surface area (Å²) in [4.78, 5) is 2.30. The van der Waals surface area contributed by atoms with Gasteiger partial charge in [0, 0.05) is 31.8 Å². The van der Waals surface area contributed by atoms with E-state index in [1.807, 2.05) is 12.1 Å². The van der Waals surface area contributed by atoms with Crippen molar-refractivity contribution in [3.8, 4) is 11.5 Å². The largest absolute Gasteiger partial charge is 0.486 e. The molecule has 1 aromatic rings. The minimum atomic E-state index is 0.298. The first-order valence-corrected chi connectivity index (χ1v) is 7.83. The van der Waals surface area contributed by atoms with E-state index in [1.54, 1.807) is 0 Å². The number of hydrogen-bond donors (Lipinski definition) is 1. The maximum absolute atomic E-state index is 6.20. The summed E-state index contributed by atoms with van der Waals surface area (Å²) in [5.41, 5.74) is 7.98. The molecule has 1 saturated heterocycles. The zero-order valence-electron chi connectivity index (χ0n) is 12.6. The van der Waals surface area contributed by atoms with Crippen LogP contribution in [0.4, 0.5) is 11.4 Å². The summed E-state index contributed by atoms with van der Waals surface area (Å²) in [7, 11) is 0. The van der Waals surface area contributed by atoms with E-state index < -0.39 is 0 Å². The zero-order valence-corrected chi connectivity index (χ0v) is 12.6. The average molecular weight is 292 g/mol. The van der Waals surface area contributed by atoms with Gasteiger partial charge in [0.05, 0.1) is 17.5 Å². The standard InChI is InChI=1S/C16H24N2O3/c1-2-6-19-12-4-3-5-18(11-12)14-10-16-15(9-13(14)17)20-7-8-21-16/h9-10,12H,2-8,11,17H2,1H3. The van der Waals surface area contributed by atoms with Crippen LogP contribution >= 0.6 is 0 Å². The predicted octanol–water partition coefficient (Wildman–Crippen LogP) is 2.44. The Morgan fingerprint density at radius 3 is 2.81 bits per heavy atom. The summed E-state index contributed by atoms with van der Waals surface area (Å²) in [6.07, 6.45) is 3.61. The van der Waals surface area contributed by atoms with Crippen LogP contribution in [0.5, 0.6) is 11.5 Å². The van der Waals surface area contributed by atoms with Crippen molar-refractivity contribution in [2.24, 2.45) is 0 Å². The Morgan fingerprint density at radius 2 is 2.05 bits per heavy atom. The molecule has 0 aromatic heterocycles. The number of nitrogens with zero attached hydrogens (tertiary/aromatic N) is 1. The monoisotopic (exact) mass is 292 g/mol. The first-order valence-electron chi connectivity index (χ1n) is 7.83. The molecule has 0 saturated carbocycles. The van der Waals surface area contributed by atoms with Crippen molar-refractivity contribution in [1.82, 2.24) is 0 Å².